The summed E-state index contributed by atoms with van der Waals surface area (Å²) in [4.78, 5) is 27.8. The minimum absolute atomic E-state index is 0.154. The zero-order chi connectivity index (χ0) is 24.2. The maximum atomic E-state index is 12.8. The Balaban J connectivity index is 1.48. The molecule has 0 unspecified atom stereocenters. The lowest BCUT2D eigenvalue weighted by molar-refractivity contribution is -0.113. The van der Waals surface area contributed by atoms with Crippen molar-refractivity contribution >= 4 is 51.3 Å². The quantitative estimate of drug-likeness (QED) is 0.209. The molecule has 1 amide bonds. The monoisotopic (exact) mass is 516 g/mol. The number of allylic oxidation sites excluding steroid dienone is 1. The number of ether oxygens (including phenoxy) is 1. The molecule has 34 heavy (non-hydrogen) atoms. The maximum Gasteiger partial charge on any atom is 0.341 e. The number of carbonyl (C=O) groups excluding carboxylic acids is 2. The Bertz CT molecular complexity index is 1210. The van der Waals surface area contributed by atoms with E-state index in [-0.39, 0.29) is 17.6 Å². The van der Waals surface area contributed by atoms with Crippen LogP contribution in [-0.2, 0) is 28.9 Å². The number of fused-ring (bicyclic) bond motifs is 1. The number of nitrogens with zero attached hydrogens (tertiary/aromatic N) is 3. The predicted molar refractivity (Wildman–Crippen MR) is 139 cm³/mol. The summed E-state index contributed by atoms with van der Waals surface area (Å²) in [5, 5.41) is 15.0. The van der Waals surface area contributed by atoms with Gasteiger partial charge in [0.15, 0.2) is 11.0 Å². The van der Waals surface area contributed by atoms with Crippen molar-refractivity contribution in [2.75, 3.05) is 17.7 Å². The van der Waals surface area contributed by atoms with E-state index in [9.17, 15) is 9.59 Å². The Kier molecular flexibility index (Phi) is 7.90. The van der Waals surface area contributed by atoms with Crippen LogP contribution in [0.15, 0.2) is 29.3 Å². The van der Waals surface area contributed by atoms with Crippen molar-refractivity contribution in [1.29, 1.82) is 0 Å². The highest BCUT2D eigenvalue weighted by molar-refractivity contribution is 7.99. The van der Waals surface area contributed by atoms with E-state index < -0.39 is 0 Å². The summed E-state index contributed by atoms with van der Waals surface area (Å²) in [7, 11) is 0. The second-order valence-corrected chi connectivity index (χ2v) is 11.2. The molecule has 4 rings (SSSR count). The molecule has 0 aliphatic heterocycles. The van der Waals surface area contributed by atoms with Gasteiger partial charge in [0.25, 0.3) is 0 Å². The van der Waals surface area contributed by atoms with Crippen LogP contribution in [0.5, 0.6) is 0 Å². The topological polar surface area (TPSA) is 86.1 Å². The molecule has 1 aliphatic rings. The number of amides is 1. The van der Waals surface area contributed by atoms with Crippen LogP contribution in [0.25, 0.3) is 11.4 Å². The van der Waals surface area contributed by atoms with Crippen LogP contribution in [0.1, 0.15) is 58.8 Å². The number of aryl methyl sites for hydroxylation is 1. The van der Waals surface area contributed by atoms with E-state index in [0.29, 0.717) is 34.8 Å². The fraction of sp³-hybridized carbons (Fsp3) is 0.417. The average Bonchev–Trinajstić information content (AvgIpc) is 3.56. The van der Waals surface area contributed by atoms with Crippen molar-refractivity contribution in [3.63, 3.8) is 0 Å². The third-order valence-corrected chi connectivity index (χ3v) is 8.87. The summed E-state index contributed by atoms with van der Waals surface area (Å²) in [5.41, 5.74) is 2.57. The van der Waals surface area contributed by atoms with Gasteiger partial charge in [0.2, 0.25) is 5.91 Å². The van der Waals surface area contributed by atoms with E-state index in [4.69, 9.17) is 4.74 Å². The number of esters is 1. The SMILES string of the molecule is C=CCn1c(SCC(=O)Nc2sc3c(c2C(=O)OCC)CCC3)nnc1-c1csc(C(C)C)c1. The first kappa shape index (κ1) is 24.7. The first-order valence-electron chi connectivity index (χ1n) is 11.3. The Hall–Kier alpha value is -2.43. The van der Waals surface area contributed by atoms with Crippen molar-refractivity contribution in [1.82, 2.24) is 14.8 Å². The third-order valence-electron chi connectivity index (χ3n) is 5.46. The van der Waals surface area contributed by atoms with Crippen LogP contribution >= 0.6 is 34.4 Å². The predicted octanol–water partition coefficient (Wildman–Crippen LogP) is 5.77. The fourth-order valence-electron chi connectivity index (χ4n) is 3.88. The molecule has 1 N–H and O–H groups in total. The minimum Gasteiger partial charge on any atom is -0.462 e. The van der Waals surface area contributed by atoms with Gasteiger partial charge in [-0.25, -0.2) is 4.79 Å². The van der Waals surface area contributed by atoms with E-state index in [1.807, 2.05) is 4.57 Å². The highest BCUT2D eigenvalue weighted by Gasteiger charge is 2.28. The molecule has 3 aromatic heterocycles. The van der Waals surface area contributed by atoms with Gasteiger partial charge in [0.05, 0.1) is 17.9 Å². The summed E-state index contributed by atoms with van der Waals surface area (Å²) in [6.07, 6.45) is 4.61. The van der Waals surface area contributed by atoms with Crippen LogP contribution in [0.4, 0.5) is 5.00 Å². The largest absolute Gasteiger partial charge is 0.462 e. The molecule has 0 saturated carbocycles. The van der Waals surface area contributed by atoms with Gasteiger partial charge >= 0.3 is 5.97 Å². The lowest BCUT2D eigenvalue weighted by Gasteiger charge is -2.09. The first-order chi connectivity index (χ1) is 16.4. The number of aromatic nitrogens is 3. The molecule has 10 heteroatoms. The normalized spacial score (nSPS) is 12.7. The zero-order valence-corrected chi connectivity index (χ0v) is 22.0. The van der Waals surface area contributed by atoms with Gasteiger partial charge in [0.1, 0.15) is 5.00 Å². The maximum absolute atomic E-state index is 12.8. The Morgan fingerprint density at radius 2 is 2.18 bits per heavy atom. The molecule has 3 heterocycles. The number of thioether (sulfide) groups is 1. The van der Waals surface area contributed by atoms with Crippen LogP contribution in [0, 0.1) is 0 Å². The van der Waals surface area contributed by atoms with Crippen LogP contribution in [0.3, 0.4) is 0 Å². The molecule has 0 aromatic carbocycles. The second kappa shape index (κ2) is 10.9. The Labute approximate surface area is 211 Å². The van der Waals surface area contributed by atoms with Crippen LogP contribution in [0.2, 0.25) is 0 Å². The Morgan fingerprint density at radius 1 is 1.35 bits per heavy atom. The van der Waals surface area contributed by atoms with Gasteiger partial charge in [-0.1, -0.05) is 31.7 Å². The van der Waals surface area contributed by atoms with E-state index >= 15 is 0 Å². The summed E-state index contributed by atoms with van der Waals surface area (Å²) >= 11 is 4.51. The van der Waals surface area contributed by atoms with Crippen molar-refractivity contribution in [3.05, 3.63) is 45.0 Å². The van der Waals surface area contributed by atoms with Crippen LogP contribution < -0.4 is 5.32 Å². The highest BCUT2D eigenvalue weighted by Crippen LogP contribution is 2.39. The molecular formula is C24H28N4O3S3. The lowest BCUT2D eigenvalue weighted by atomic mass is 10.1. The number of anilines is 1. The Morgan fingerprint density at radius 3 is 2.88 bits per heavy atom. The molecule has 0 fully saturated rings. The highest BCUT2D eigenvalue weighted by atomic mass is 32.2. The minimum atomic E-state index is -0.364. The van der Waals surface area contributed by atoms with E-state index in [2.05, 4.69) is 47.4 Å². The first-order valence-corrected chi connectivity index (χ1v) is 14.0. The van der Waals surface area contributed by atoms with E-state index in [1.54, 1.807) is 24.3 Å². The molecule has 0 spiro atoms. The standard InChI is InChI=1S/C24H28N4O3S3/c1-5-10-28-21(15-11-18(14(3)4)32-12-15)26-27-24(28)33-13-19(29)25-22-20(23(30)31-6-2)16-8-7-9-17(16)34-22/h5,11-12,14H,1,6-10,13H2,2-4H3,(H,25,29). The van der Waals surface area contributed by atoms with Crippen molar-refractivity contribution < 1.29 is 14.3 Å². The molecule has 0 atom stereocenters. The lowest BCUT2D eigenvalue weighted by Crippen LogP contribution is -2.17. The summed E-state index contributed by atoms with van der Waals surface area (Å²) in [6, 6.07) is 2.15. The average molecular weight is 517 g/mol. The number of hydrogen-bond donors (Lipinski definition) is 1. The van der Waals surface area contributed by atoms with Gasteiger partial charge in [0, 0.05) is 27.2 Å². The number of rotatable bonds is 10. The number of nitrogens with one attached hydrogen (secondary N) is 1. The van der Waals surface area contributed by atoms with Crippen molar-refractivity contribution in [3.8, 4) is 11.4 Å². The molecule has 180 valence electrons. The van der Waals surface area contributed by atoms with Gasteiger partial charge in [-0.3, -0.25) is 9.36 Å². The summed E-state index contributed by atoms with van der Waals surface area (Å²) in [6.45, 7) is 10.8. The van der Waals surface area contributed by atoms with Crippen LogP contribution in [-0.4, -0.2) is 39.0 Å². The number of thiophene rings is 2. The van der Waals surface area contributed by atoms with Crippen molar-refractivity contribution in [2.24, 2.45) is 0 Å². The molecular weight excluding hydrogens is 488 g/mol. The van der Waals surface area contributed by atoms with Gasteiger partial charge in [-0.2, -0.15) is 0 Å². The zero-order valence-electron chi connectivity index (χ0n) is 19.6. The molecule has 3 aromatic rings. The summed E-state index contributed by atoms with van der Waals surface area (Å²) < 4.78 is 7.22. The molecule has 7 nitrogen and oxygen atoms in total. The summed E-state index contributed by atoms with van der Waals surface area (Å²) in [5.74, 6) is 0.816. The fourth-order valence-corrected chi connectivity index (χ4v) is 6.82. The molecule has 1 aliphatic carbocycles. The molecule has 0 bridgehead atoms. The number of hydrogen-bond acceptors (Lipinski definition) is 8. The van der Waals surface area contributed by atoms with E-state index in [0.717, 1.165) is 41.1 Å². The molecule has 0 radical (unpaired) electrons. The second-order valence-electron chi connectivity index (χ2n) is 8.22. The van der Waals surface area contributed by atoms with Gasteiger partial charge in [-0.05, 0) is 43.7 Å². The van der Waals surface area contributed by atoms with Crippen molar-refractivity contribution in [2.45, 2.75) is 57.7 Å². The van der Waals surface area contributed by atoms with Gasteiger partial charge in [-0.15, -0.1) is 39.4 Å². The smallest absolute Gasteiger partial charge is 0.341 e. The third kappa shape index (κ3) is 5.13. The molecule has 0 saturated heterocycles. The number of carbonyl (C=O) groups is 2. The van der Waals surface area contributed by atoms with Gasteiger partial charge < -0.3 is 10.1 Å². The van der Waals surface area contributed by atoms with E-state index in [1.165, 1.54) is 28.0 Å².